The zero-order chi connectivity index (χ0) is 18.3. The Kier molecular flexibility index (Phi) is 4.55. The molecule has 2 bridgehead atoms. The second-order valence-electron chi connectivity index (χ2n) is 8.11. The summed E-state index contributed by atoms with van der Waals surface area (Å²) in [7, 11) is 0. The van der Waals surface area contributed by atoms with Crippen LogP contribution < -0.4 is 5.32 Å². The molecule has 0 saturated heterocycles. The molecule has 1 aromatic rings. The van der Waals surface area contributed by atoms with E-state index in [0.717, 1.165) is 11.8 Å². The quantitative estimate of drug-likeness (QED) is 0.799. The molecule has 3 amide bonds. The SMILES string of the molecule is CC(NC(=O)CCCN1C(=O)c2ccccc2C1=O)C1CC2CCC1C2. The van der Waals surface area contributed by atoms with Crippen molar-refractivity contribution < 1.29 is 14.4 Å². The highest BCUT2D eigenvalue weighted by Crippen LogP contribution is 2.49. The van der Waals surface area contributed by atoms with Gasteiger partial charge in [0.15, 0.2) is 0 Å². The molecule has 3 aliphatic rings. The Hall–Kier alpha value is -2.17. The topological polar surface area (TPSA) is 66.5 Å². The van der Waals surface area contributed by atoms with Gasteiger partial charge in [0.05, 0.1) is 11.1 Å². The number of nitrogens with one attached hydrogen (secondary N) is 1. The third-order valence-electron chi connectivity index (χ3n) is 6.49. The summed E-state index contributed by atoms with van der Waals surface area (Å²) in [6, 6.07) is 7.10. The van der Waals surface area contributed by atoms with Crippen LogP contribution in [-0.2, 0) is 4.79 Å². The first-order chi connectivity index (χ1) is 12.5. The predicted octanol–water partition coefficient (Wildman–Crippen LogP) is 3.00. The molecule has 1 aromatic carbocycles. The molecule has 138 valence electrons. The van der Waals surface area contributed by atoms with Crippen molar-refractivity contribution in [2.24, 2.45) is 17.8 Å². The Bertz CT molecular complexity index is 710. The van der Waals surface area contributed by atoms with Crippen molar-refractivity contribution >= 4 is 17.7 Å². The van der Waals surface area contributed by atoms with Crippen LogP contribution in [0.4, 0.5) is 0 Å². The van der Waals surface area contributed by atoms with Crippen molar-refractivity contribution in [2.75, 3.05) is 6.54 Å². The summed E-state index contributed by atoms with van der Waals surface area (Å²) in [6.45, 7) is 2.41. The van der Waals surface area contributed by atoms with Gasteiger partial charge in [0.2, 0.25) is 5.91 Å². The van der Waals surface area contributed by atoms with Crippen LogP contribution in [0.2, 0.25) is 0 Å². The summed E-state index contributed by atoms with van der Waals surface area (Å²) < 4.78 is 0. The molecule has 4 atom stereocenters. The van der Waals surface area contributed by atoms with Gasteiger partial charge in [0.25, 0.3) is 11.8 Å². The van der Waals surface area contributed by atoms with Crippen molar-refractivity contribution in [3.05, 3.63) is 35.4 Å². The van der Waals surface area contributed by atoms with Gasteiger partial charge < -0.3 is 5.32 Å². The number of hydrogen-bond acceptors (Lipinski definition) is 3. The average molecular weight is 354 g/mol. The second-order valence-corrected chi connectivity index (χ2v) is 8.11. The van der Waals surface area contributed by atoms with Gasteiger partial charge in [0.1, 0.15) is 0 Å². The molecule has 2 aliphatic carbocycles. The smallest absolute Gasteiger partial charge is 0.261 e. The summed E-state index contributed by atoms with van der Waals surface area (Å²) in [5.74, 6) is 1.81. The predicted molar refractivity (Wildman–Crippen MR) is 97.6 cm³/mol. The van der Waals surface area contributed by atoms with E-state index < -0.39 is 0 Å². The molecule has 5 nitrogen and oxygen atoms in total. The monoisotopic (exact) mass is 354 g/mol. The minimum absolute atomic E-state index is 0.0249. The molecule has 1 N–H and O–H groups in total. The van der Waals surface area contributed by atoms with E-state index in [9.17, 15) is 14.4 Å². The highest BCUT2D eigenvalue weighted by Gasteiger charge is 2.42. The minimum Gasteiger partial charge on any atom is -0.353 e. The van der Waals surface area contributed by atoms with Gasteiger partial charge in [-0.3, -0.25) is 19.3 Å². The van der Waals surface area contributed by atoms with E-state index in [1.165, 1.54) is 30.6 Å². The van der Waals surface area contributed by atoms with Gasteiger partial charge >= 0.3 is 0 Å². The van der Waals surface area contributed by atoms with Gasteiger partial charge in [-0.25, -0.2) is 0 Å². The number of fused-ring (bicyclic) bond motifs is 3. The van der Waals surface area contributed by atoms with Crippen molar-refractivity contribution in [1.29, 1.82) is 0 Å². The second kappa shape index (κ2) is 6.86. The Labute approximate surface area is 154 Å². The zero-order valence-electron chi connectivity index (χ0n) is 15.2. The zero-order valence-corrected chi connectivity index (χ0v) is 15.2. The molecule has 1 heterocycles. The average Bonchev–Trinajstić information content (AvgIpc) is 3.32. The molecule has 2 fully saturated rings. The summed E-state index contributed by atoms with van der Waals surface area (Å²) in [5.41, 5.74) is 0.929. The van der Waals surface area contributed by atoms with Crippen molar-refractivity contribution in [1.82, 2.24) is 10.2 Å². The van der Waals surface area contributed by atoms with Gasteiger partial charge in [-0.05, 0) is 62.5 Å². The van der Waals surface area contributed by atoms with Crippen molar-refractivity contribution in [3.63, 3.8) is 0 Å². The summed E-state index contributed by atoms with van der Waals surface area (Å²) in [6.07, 6.45) is 6.11. The molecule has 5 heteroatoms. The Balaban J connectivity index is 1.24. The molecule has 0 spiro atoms. The number of carbonyl (C=O) groups is 3. The lowest BCUT2D eigenvalue weighted by atomic mass is 9.84. The number of carbonyl (C=O) groups excluding carboxylic acids is 3. The molecule has 0 radical (unpaired) electrons. The van der Waals surface area contributed by atoms with E-state index >= 15 is 0 Å². The molecule has 4 rings (SSSR count). The van der Waals surface area contributed by atoms with Crippen LogP contribution in [0.5, 0.6) is 0 Å². The van der Waals surface area contributed by atoms with Crippen LogP contribution in [0.15, 0.2) is 24.3 Å². The minimum atomic E-state index is -0.249. The molecule has 1 aliphatic heterocycles. The van der Waals surface area contributed by atoms with E-state index in [-0.39, 0.29) is 23.8 Å². The fourth-order valence-corrected chi connectivity index (χ4v) is 5.18. The number of nitrogens with zero attached hydrogens (tertiary/aromatic N) is 1. The van der Waals surface area contributed by atoms with Gasteiger partial charge in [-0.1, -0.05) is 18.6 Å². The van der Waals surface area contributed by atoms with E-state index in [0.29, 0.717) is 36.4 Å². The summed E-state index contributed by atoms with van der Waals surface area (Å²) in [5, 5.41) is 3.14. The number of benzene rings is 1. The van der Waals surface area contributed by atoms with Crippen LogP contribution >= 0.6 is 0 Å². The lowest BCUT2D eigenvalue weighted by Crippen LogP contribution is -2.40. The molecule has 2 saturated carbocycles. The van der Waals surface area contributed by atoms with Crippen LogP contribution in [0.1, 0.15) is 66.2 Å². The van der Waals surface area contributed by atoms with Crippen molar-refractivity contribution in [3.8, 4) is 0 Å². The maximum absolute atomic E-state index is 12.3. The van der Waals surface area contributed by atoms with Gasteiger partial charge in [0, 0.05) is 19.0 Å². The maximum atomic E-state index is 12.3. The van der Waals surface area contributed by atoms with E-state index in [1.54, 1.807) is 24.3 Å². The number of amides is 3. The lowest BCUT2D eigenvalue weighted by molar-refractivity contribution is -0.122. The third-order valence-corrected chi connectivity index (χ3v) is 6.49. The Morgan fingerprint density at radius 2 is 1.85 bits per heavy atom. The molecule has 0 aromatic heterocycles. The standard InChI is InChI=1S/C21H26N2O3/c1-13(18-12-14-8-9-15(18)11-14)22-19(24)7-4-10-23-20(25)16-5-2-3-6-17(16)21(23)26/h2-3,5-6,13-15,18H,4,7-12H2,1H3,(H,22,24). The lowest BCUT2D eigenvalue weighted by Gasteiger charge is -2.28. The normalized spacial score (nSPS) is 27.7. The molecular weight excluding hydrogens is 328 g/mol. The fraction of sp³-hybridized carbons (Fsp3) is 0.571. The number of rotatable bonds is 6. The third kappa shape index (κ3) is 3.04. The first kappa shape index (κ1) is 17.3. The number of hydrogen-bond donors (Lipinski definition) is 1. The molecule has 4 unspecified atom stereocenters. The Morgan fingerprint density at radius 1 is 1.15 bits per heavy atom. The van der Waals surface area contributed by atoms with Crippen molar-refractivity contribution in [2.45, 2.75) is 51.5 Å². The van der Waals surface area contributed by atoms with E-state index in [1.807, 2.05) is 0 Å². The first-order valence-electron chi connectivity index (χ1n) is 9.79. The van der Waals surface area contributed by atoms with E-state index in [2.05, 4.69) is 12.2 Å². The summed E-state index contributed by atoms with van der Waals surface area (Å²) in [4.78, 5) is 38.2. The van der Waals surface area contributed by atoms with Crippen LogP contribution in [0.3, 0.4) is 0 Å². The highest BCUT2D eigenvalue weighted by molar-refractivity contribution is 6.21. The van der Waals surface area contributed by atoms with E-state index in [4.69, 9.17) is 0 Å². The highest BCUT2D eigenvalue weighted by atomic mass is 16.2. The largest absolute Gasteiger partial charge is 0.353 e. The maximum Gasteiger partial charge on any atom is 0.261 e. The van der Waals surface area contributed by atoms with Crippen LogP contribution in [-0.4, -0.2) is 35.2 Å². The van der Waals surface area contributed by atoms with Crippen LogP contribution in [0, 0.1) is 17.8 Å². The first-order valence-corrected chi connectivity index (χ1v) is 9.79. The van der Waals surface area contributed by atoms with Gasteiger partial charge in [-0.15, -0.1) is 0 Å². The Morgan fingerprint density at radius 3 is 2.42 bits per heavy atom. The summed E-state index contributed by atoms with van der Waals surface area (Å²) >= 11 is 0. The number of imide groups is 1. The van der Waals surface area contributed by atoms with Gasteiger partial charge in [-0.2, -0.15) is 0 Å². The molecular formula is C21H26N2O3. The fourth-order valence-electron chi connectivity index (χ4n) is 5.18. The van der Waals surface area contributed by atoms with Crippen LogP contribution in [0.25, 0.3) is 0 Å². The molecule has 26 heavy (non-hydrogen) atoms.